The van der Waals surface area contributed by atoms with Crippen molar-refractivity contribution in [1.82, 2.24) is 0 Å². The molecule has 0 spiro atoms. The van der Waals surface area contributed by atoms with Gasteiger partial charge in [0.25, 0.3) is 0 Å². The van der Waals surface area contributed by atoms with Gasteiger partial charge in [-0.3, -0.25) is 4.79 Å². The largest absolute Gasteiger partial charge is 0.299 e. The minimum absolute atomic E-state index is 0.213. The molecule has 0 amide bonds. The summed E-state index contributed by atoms with van der Waals surface area (Å²) in [6, 6.07) is 10.6. The number of rotatable bonds is 2. The van der Waals surface area contributed by atoms with E-state index < -0.39 is 0 Å². The molecular formula is C17H24O. The molecule has 18 heavy (non-hydrogen) atoms. The first-order chi connectivity index (χ1) is 8.50. The number of carbonyl (C=O) groups excluding carboxylic acids is 1. The maximum Gasteiger partial charge on any atom is 0.141 e. The summed E-state index contributed by atoms with van der Waals surface area (Å²) in [5.74, 6) is 1.10. The average Bonchev–Trinajstić information content (AvgIpc) is 2.38. The third-order valence-corrected chi connectivity index (χ3v) is 4.07. The van der Waals surface area contributed by atoms with Gasteiger partial charge in [-0.2, -0.15) is 0 Å². The molecule has 0 aromatic heterocycles. The Morgan fingerprint density at radius 1 is 1.06 bits per heavy atom. The average molecular weight is 244 g/mol. The second kappa shape index (κ2) is 5.26. The van der Waals surface area contributed by atoms with Crippen molar-refractivity contribution in [3.63, 3.8) is 0 Å². The molecule has 0 N–H and O–H groups in total. The zero-order valence-corrected chi connectivity index (χ0v) is 11.8. The molecule has 1 aliphatic carbocycles. The van der Waals surface area contributed by atoms with Crippen molar-refractivity contribution in [2.75, 3.05) is 0 Å². The van der Waals surface area contributed by atoms with Crippen LogP contribution >= 0.6 is 0 Å². The van der Waals surface area contributed by atoms with Gasteiger partial charge in [0.05, 0.1) is 0 Å². The molecule has 0 radical (unpaired) electrons. The lowest BCUT2D eigenvalue weighted by Crippen LogP contribution is -2.34. The number of Topliss-reactive ketones (excluding diaryl/α,β-unsaturated/α-hetero) is 1. The smallest absolute Gasteiger partial charge is 0.141 e. The zero-order chi connectivity index (χ0) is 13.2. The summed E-state index contributed by atoms with van der Waals surface area (Å²) in [5.41, 5.74) is 1.13. The minimum Gasteiger partial charge on any atom is -0.299 e. The number of ketones is 1. The highest BCUT2D eigenvalue weighted by molar-refractivity contribution is 5.86. The topological polar surface area (TPSA) is 17.1 Å². The van der Waals surface area contributed by atoms with Crippen LogP contribution in [0, 0.1) is 11.3 Å². The molecule has 1 aromatic carbocycles. The van der Waals surface area contributed by atoms with Crippen LogP contribution < -0.4 is 0 Å². The fraction of sp³-hybridized carbons (Fsp3) is 0.588. The van der Waals surface area contributed by atoms with Crippen LogP contribution in [0.15, 0.2) is 30.3 Å². The van der Waals surface area contributed by atoms with Crippen molar-refractivity contribution in [3.05, 3.63) is 35.9 Å². The second-order valence-electron chi connectivity index (χ2n) is 6.52. The van der Waals surface area contributed by atoms with Gasteiger partial charge in [-0.15, -0.1) is 0 Å². The van der Waals surface area contributed by atoms with Crippen molar-refractivity contribution in [2.45, 2.75) is 52.4 Å². The van der Waals surface area contributed by atoms with Gasteiger partial charge in [-0.05, 0) is 24.3 Å². The van der Waals surface area contributed by atoms with E-state index in [-0.39, 0.29) is 11.3 Å². The van der Waals surface area contributed by atoms with Crippen LogP contribution in [0.4, 0.5) is 0 Å². The standard InChI is InChI=1S/C17H24O/c1-17(2,3)16(18)15-12-8-7-11-14(15)13-9-5-4-6-10-13/h4-6,9-10,14-15H,7-8,11-12H2,1-3H3/t14-,15-/m0/s1. The number of hydrogen-bond acceptors (Lipinski definition) is 1. The maximum atomic E-state index is 12.6. The molecule has 1 fully saturated rings. The van der Waals surface area contributed by atoms with Crippen LogP contribution in [0.5, 0.6) is 0 Å². The Bertz CT molecular complexity index is 399. The Morgan fingerprint density at radius 3 is 2.28 bits per heavy atom. The van der Waals surface area contributed by atoms with E-state index in [1.54, 1.807) is 0 Å². The van der Waals surface area contributed by atoms with E-state index >= 15 is 0 Å². The van der Waals surface area contributed by atoms with Crippen molar-refractivity contribution in [1.29, 1.82) is 0 Å². The van der Waals surface area contributed by atoms with Gasteiger partial charge in [0.15, 0.2) is 0 Å². The third-order valence-electron chi connectivity index (χ3n) is 4.07. The van der Waals surface area contributed by atoms with E-state index in [9.17, 15) is 4.79 Å². The molecule has 0 unspecified atom stereocenters. The van der Waals surface area contributed by atoms with Gasteiger partial charge in [0.2, 0.25) is 0 Å². The lowest BCUT2D eigenvalue weighted by Gasteiger charge is -2.34. The van der Waals surface area contributed by atoms with Crippen LogP contribution in [0.2, 0.25) is 0 Å². The Hall–Kier alpha value is -1.11. The molecule has 0 aliphatic heterocycles. The number of hydrogen-bond donors (Lipinski definition) is 0. The predicted octanol–water partition coefficient (Wildman–Crippen LogP) is 4.58. The van der Waals surface area contributed by atoms with Crippen LogP contribution in [0.25, 0.3) is 0 Å². The highest BCUT2D eigenvalue weighted by atomic mass is 16.1. The normalized spacial score (nSPS) is 24.8. The minimum atomic E-state index is -0.213. The van der Waals surface area contributed by atoms with Crippen LogP contribution in [-0.4, -0.2) is 5.78 Å². The lowest BCUT2D eigenvalue weighted by atomic mass is 9.68. The van der Waals surface area contributed by atoms with Crippen molar-refractivity contribution in [2.24, 2.45) is 11.3 Å². The Labute approximate surface area is 111 Å². The fourth-order valence-corrected chi connectivity index (χ4v) is 3.10. The monoisotopic (exact) mass is 244 g/mol. The van der Waals surface area contributed by atoms with Gasteiger partial charge in [-0.1, -0.05) is 63.9 Å². The molecule has 1 heteroatoms. The van der Waals surface area contributed by atoms with Gasteiger partial charge in [-0.25, -0.2) is 0 Å². The highest BCUT2D eigenvalue weighted by Crippen LogP contribution is 2.41. The summed E-state index contributed by atoms with van der Waals surface area (Å²) in [5, 5.41) is 0. The van der Waals surface area contributed by atoms with Crippen LogP contribution in [0.3, 0.4) is 0 Å². The molecule has 2 rings (SSSR count). The van der Waals surface area contributed by atoms with E-state index in [0.717, 1.165) is 12.8 Å². The molecular weight excluding hydrogens is 220 g/mol. The van der Waals surface area contributed by atoms with Crippen molar-refractivity contribution >= 4 is 5.78 Å². The Balaban J connectivity index is 2.24. The van der Waals surface area contributed by atoms with E-state index in [1.165, 1.54) is 18.4 Å². The van der Waals surface area contributed by atoms with Gasteiger partial charge < -0.3 is 0 Å². The molecule has 98 valence electrons. The third kappa shape index (κ3) is 2.82. The van der Waals surface area contributed by atoms with E-state index in [1.807, 2.05) is 26.8 Å². The molecule has 2 atom stereocenters. The van der Waals surface area contributed by atoms with Crippen molar-refractivity contribution in [3.8, 4) is 0 Å². The molecule has 0 bridgehead atoms. The predicted molar refractivity (Wildman–Crippen MR) is 75.6 cm³/mol. The van der Waals surface area contributed by atoms with E-state index in [4.69, 9.17) is 0 Å². The number of carbonyl (C=O) groups is 1. The molecule has 1 aliphatic rings. The Kier molecular flexibility index (Phi) is 3.89. The van der Waals surface area contributed by atoms with E-state index in [2.05, 4.69) is 24.3 Å². The van der Waals surface area contributed by atoms with Gasteiger partial charge in [0.1, 0.15) is 5.78 Å². The highest BCUT2D eigenvalue weighted by Gasteiger charge is 2.36. The summed E-state index contributed by atoms with van der Waals surface area (Å²) in [4.78, 5) is 12.6. The molecule has 0 heterocycles. The molecule has 1 aromatic rings. The summed E-state index contributed by atoms with van der Waals surface area (Å²) in [6.07, 6.45) is 4.69. The molecule has 1 nitrogen and oxygen atoms in total. The fourth-order valence-electron chi connectivity index (χ4n) is 3.10. The first-order valence-corrected chi connectivity index (χ1v) is 7.09. The first-order valence-electron chi connectivity index (χ1n) is 7.09. The summed E-state index contributed by atoms with van der Waals surface area (Å²) >= 11 is 0. The second-order valence-corrected chi connectivity index (χ2v) is 6.52. The summed E-state index contributed by atoms with van der Waals surface area (Å²) in [7, 11) is 0. The van der Waals surface area contributed by atoms with Gasteiger partial charge >= 0.3 is 0 Å². The lowest BCUT2D eigenvalue weighted by molar-refractivity contribution is -0.132. The van der Waals surface area contributed by atoms with Crippen LogP contribution in [-0.2, 0) is 4.79 Å². The number of benzene rings is 1. The van der Waals surface area contributed by atoms with Crippen molar-refractivity contribution < 1.29 is 4.79 Å². The van der Waals surface area contributed by atoms with Gasteiger partial charge in [0, 0.05) is 11.3 Å². The summed E-state index contributed by atoms with van der Waals surface area (Å²) in [6.45, 7) is 6.14. The summed E-state index contributed by atoms with van der Waals surface area (Å²) < 4.78 is 0. The molecule has 0 saturated heterocycles. The van der Waals surface area contributed by atoms with E-state index in [0.29, 0.717) is 11.7 Å². The quantitative estimate of drug-likeness (QED) is 0.744. The maximum absolute atomic E-state index is 12.6. The first kappa shape index (κ1) is 13.3. The Morgan fingerprint density at radius 2 is 1.67 bits per heavy atom. The molecule has 1 saturated carbocycles. The SMILES string of the molecule is CC(C)(C)C(=O)[C@H]1CCCC[C@H]1c1ccccc1. The zero-order valence-electron chi connectivity index (χ0n) is 11.8. The van der Waals surface area contributed by atoms with Crippen LogP contribution in [0.1, 0.15) is 57.9 Å².